The van der Waals surface area contributed by atoms with Crippen LogP contribution in [0.2, 0.25) is 0 Å². The second-order valence-electron chi connectivity index (χ2n) is 8.29. The zero-order valence-corrected chi connectivity index (χ0v) is 17.7. The minimum atomic E-state index is -3.63. The number of anilines is 1. The zero-order chi connectivity index (χ0) is 20.4. The molecule has 1 aliphatic heterocycles. The minimum Gasteiger partial charge on any atom is -0.492 e. The fraction of sp³-hybridized carbons (Fsp3) is 0.667. The van der Waals surface area contributed by atoms with Crippen molar-refractivity contribution >= 4 is 21.6 Å². The van der Waals surface area contributed by atoms with Gasteiger partial charge in [-0.05, 0) is 62.1 Å². The van der Waals surface area contributed by atoms with E-state index < -0.39 is 10.0 Å². The summed E-state index contributed by atoms with van der Waals surface area (Å²) < 4.78 is 38.3. The topological polar surface area (TPSA) is 84.9 Å². The highest BCUT2D eigenvalue weighted by atomic mass is 32.2. The molecule has 2 bridgehead atoms. The SMILES string of the molecule is CCOc1ccc(S(=O)(=O)N2CCOCC2)cc1NC(=O)C[C@@H]1C[C@@H]2CC[C@@H]1C2. The van der Waals surface area contributed by atoms with Gasteiger partial charge in [0, 0.05) is 19.5 Å². The molecular weight excluding hydrogens is 392 g/mol. The van der Waals surface area contributed by atoms with Gasteiger partial charge in [-0.1, -0.05) is 6.42 Å². The molecule has 0 unspecified atom stereocenters. The number of rotatable bonds is 7. The molecule has 1 saturated heterocycles. The second kappa shape index (κ2) is 8.62. The Morgan fingerprint density at radius 3 is 2.69 bits per heavy atom. The molecule has 1 aromatic rings. The predicted molar refractivity (Wildman–Crippen MR) is 109 cm³/mol. The molecule has 0 aromatic heterocycles. The number of sulfonamides is 1. The van der Waals surface area contributed by atoms with Crippen molar-refractivity contribution in [3.05, 3.63) is 18.2 Å². The number of nitrogens with one attached hydrogen (secondary N) is 1. The van der Waals surface area contributed by atoms with Crippen LogP contribution in [0.5, 0.6) is 5.75 Å². The minimum absolute atomic E-state index is 0.0653. The quantitative estimate of drug-likeness (QED) is 0.730. The van der Waals surface area contributed by atoms with Crippen molar-refractivity contribution < 1.29 is 22.7 Å². The summed E-state index contributed by atoms with van der Waals surface area (Å²) in [5.41, 5.74) is 0.425. The molecule has 0 spiro atoms. The third kappa shape index (κ3) is 4.44. The molecule has 2 saturated carbocycles. The molecule has 7 nitrogen and oxygen atoms in total. The molecule has 3 aliphatic rings. The fourth-order valence-electron chi connectivity index (χ4n) is 5.05. The van der Waals surface area contributed by atoms with E-state index in [2.05, 4.69) is 5.32 Å². The first-order valence-corrected chi connectivity index (χ1v) is 12.1. The Kier molecular flexibility index (Phi) is 6.13. The standard InChI is InChI=1S/C21H30N2O5S/c1-2-28-20-6-5-18(29(25,26)23-7-9-27-10-8-23)14-19(20)22-21(24)13-17-12-15-3-4-16(17)11-15/h5-6,14-17H,2-4,7-13H2,1H3,(H,22,24)/t15-,16-,17+/m1/s1. The van der Waals surface area contributed by atoms with Crippen molar-refractivity contribution in [3.63, 3.8) is 0 Å². The van der Waals surface area contributed by atoms with E-state index in [1.807, 2.05) is 6.92 Å². The second-order valence-corrected chi connectivity index (χ2v) is 10.2. The predicted octanol–water partition coefficient (Wildman–Crippen LogP) is 2.87. The van der Waals surface area contributed by atoms with Crippen LogP contribution in [-0.2, 0) is 19.6 Å². The number of benzene rings is 1. The maximum atomic E-state index is 13.0. The lowest BCUT2D eigenvalue weighted by Crippen LogP contribution is -2.40. The third-order valence-corrected chi connectivity index (χ3v) is 8.36. The zero-order valence-electron chi connectivity index (χ0n) is 16.9. The van der Waals surface area contributed by atoms with Crippen LogP contribution in [0, 0.1) is 17.8 Å². The maximum absolute atomic E-state index is 13.0. The largest absolute Gasteiger partial charge is 0.492 e. The highest BCUT2D eigenvalue weighted by molar-refractivity contribution is 7.89. The molecule has 29 heavy (non-hydrogen) atoms. The lowest BCUT2D eigenvalue weighted by molar-refractivity contribution is -0.117. The molecule has 1 N–H and O–H groups in total. The molecule has 2 aliphatic carbocycles. The molecule has 4 rings (SSSR count). The van der Waals surface area contributed by atoms with Crippen LogP contribution in [0.15, 0.2) is 23.1 Å². The Bertz CT molecular complexity index is 851. The van der Waals surface area contributed by atoms with Crippen molar-refractivity contribution in [1.29, 1.82) is 0 Å². The van der Waals surface area contributed by atoms with E-state index in [1.165, 1.54) is 29.6 Å². The summed E-state index contributed by atoms with van der Waals surface area (Å²) in [6, 6.07) is 4.69. The van der Waals surface area contributed by atoms with Crippen LogP contribution in [0.25, 0.3) is 0 Å². The third-order valence-electron chi connectivity index (χ3n) is 6.46. The van der Waals surface area contributed by atoms with Crippen molar-refractivity contribution in [3.8, 4) is 5.75 Å². The summed E-state index contributed by atoms with van der Waals surface area (Å²) in [4.78, 5) is 12.9. The number of morpholine rings is 1. The van der Waals surface area contributed by atoms with E-state index in [4.69, 9.17) is 9.47 Å². The smallest absolute Gasteiger partial charge is 0.243 e. The fourth-order valence-corrected chi connectivity index (χ4v) is 6.49. The van der Waals surface area contributed by atoms with Crippen molar-refractivity contribution in [2.75, 3.05) is 38.2 Å². The van der Waals surface area contributed by atoms with Crippen LogP contribution >= 0.6 is 0 Å². The van der Waals surface area contributed by atoms with E-state index in [-0.39, 0.29) is 10.8 Å². The molecule has 0 radical (unpaired) electrons. The highest BCUT2D eigenvalue weighted by Gasteiger charge is 2.40. The highest BCUT2D eigenvalue weighted by Crippen LogP contribution is 2.49. The summed E-state index contributed by atoms with van der Waals surface area (Å²) in [5, 5.41) is 2.93. The van der Waals surface area contributed by atoms with Gasteiger partial charge in [-0.25, -0.2) is 8.42 Å². The average Bonchev–Trinajstić information content (AvgIpc) is 3.33. The van der Waals surface area contributed by atoms with Crippen LogP contribution in [0.3, 0.4) is 0 Å². The summed E-state index contributed by atoms with van der Waals surface area (Å²) in [6.07, 6.45) is 5.43. The Morgan fingerprint density at radius 2 is 2.03 bits per heavy atom. The van der Waals surface area contributed by atoms with E-state index >= 15 is 0 Å². The van der Waals surface area contributed by atoms with Gasteiger partial charge in [0.15, 0.2) is 0 Å². The van der Waals surface area contributed by atoms with E-state index in [1.54, 1.807) is 12.1 Å². The monoisotopic (exact) mass is 422 g/mol. The number of hydrogen-bond acceptors (Lipinski definition) is 5. The molecule has 1 heterocycles. The van der Waals surface area contributed by atoms with Crippen LogP contribution < -0.4 is 10.1 Å². The lowest BCUT2D eigenvalue weighted by Gasteiger charge is -2.26. The molecule has 8 heteroatoms. The molecule has 160 valence electrons. The summed E-state index contributed by atoms with van der Waals surface area (Å²) in [6.45, 7) is 3.75. The van der Waals surface area contributed by atoms with Gasteiger partial charge < -0.3 is 14.8 Å². The van der Waals surface area contributed by atoms with Gasteiger partial charge in [0.2, 0.25) is 15.9 Å². The van der Waals surface area contributed by atoms with E-state index in [0.717, 1.165) is 12.3 Å². The Morgan fingerprint density at radius 1 is 1.24 bits per heavy atom. The average molecular weight is 423 g/mol. The van der Waals surface area contributed by atoms with Crippen LogP contribution in [0.4, 0.5) is 5.69 Å². The van der Waals surface area contributed by atoms with Crippen LogP contribution in [-0.4, -0.2) is 51.5 Å². The molecule has 3 fully saturated rings. The molecule has 1 aromatic carbocycles. The first kappa shape index (κ1) is 20.6. The number of hydrogen-bond donors (Lipinski definition) is 1. The summed E-state index contributed by atoms with van der Waals surface area (Å²) in [7, 11) is -3.63. The van der Waals surface area contributed by atoms with Gasteiger partial charge >= 0.3 is 0 Å². The number of amides is 1. The Balaban J connectivity index is 1.51. The van der Waals surface area contributed by atoms with Crippen molar-refractivity contribution in [1.82, 2.24) is 4.31 Å². The maximum Gasteiger partial charge on any atom is 0.243 e. The molecular formula is C21H30N2O5S. The van der Waals surface area contributed by atoms with Crippen LogP contribution in [0.1, 0.15) is 39.0 Å². The Labute approximate surface area is 172 Å². The number of nitrogens with zero attached hydrogens (tertiary/aromatic N) is 1. The van der Waals surface area contributed by atoms with Gasteiger partial charge in [0.05, 0.1) is 30.4 Å². The number of fused-ring (bicyclic) bond motifs is 2. The molecule has 3 atom stereocenters. The van der Waals surface area contributed by atoms with Gasteiger partial charge in [-0.2, -0.15) is 4.31 Å². The first-order valence-electron chi connectivity index (χ1n) is 10.6. The van der Waals surface area contributed by atoms with Crippen molar-refractivity contribution in [2.24, 2.45) is 17.8 Å². The Hall–Kier alpha value is -1.64. The van der Waals surface area contributed by atoms with Crippen molar-refractivity contribution in [2.45, 2.75) is 43.9 Å². The van der Waals surface area contributed by atoms with E-state index in [0.29, 0.717) is 62.6 Å². The number of carbonyl (C=O) groups is 1. The number of ether oxygens (including phenoxy) is 2. The molecule has 1 amide bonds. The summed E-state index contributed by atoms with van der Waals surface area (Å²) >= 11 is 0. The summed E-state index contributed by atoms with van der Waals surface area (Å²) in [5.74, 6) is 2.34. The van der Waals surface area contributed by atoms with Gasteiger partial charge in [-0.15, -0.1) is 0 Å². The normalized spacial score (nSPS) is 27.1. The lowest BCUT2D eigenvalue weighted by atomic mass is 9.86. The van der Waals surface area contributed by atoms with E-state index in [9.17, 15) is 13.2 Å². The van der Waals surface area contributed by atoms with Gasteiger partial charge in [0.1, 0.15) is 5.75 Å². The van der Waals surface area contributed by atoms with Gasteiger partial charge in [-0.3, -0.25) is 4.79 Å². The first-order chi connectivity index (χ1) is 14.0. The number of carbonyl (C=O) groups excluding carboxylic acids is 1. The van der Waals surface area contributed by atoms with Gasteiger partial charge in [0.25, 0.3) is 0 Å².